The maximum atomic E-state index is 11.7. The molecule has 0 aliphatic rings. The van der Waals surface area contributed by atoms with Gasteiger partial charge in [-0.05, 0) is 17.7 Å². The molecule has 0 unspecified atom stereocenters. The van der Waals surface area contributed by atoms with Crippen molar-refractivity contribution in [2.75, 3.05) is 11.1 Å². The third-order valence-corrected chi connectivity index (χ3v) is 3.11. The van der Waals surface area contributed by atoms with Gasteiger partial charge in [-0.3, -0.25) is 4.79 Å². The second-order valence-electron chi connectivity index (χ2n) is 3.80. The Morgan fingerprint density at radius 3 is 2.61 bits per heavy atom. The second kappa shape index (κ2) is 5.61. The van der Waals surface area contributed by atoms with Crippen LogP contribution in [0.15, 0.2) is 29.6 Å². The number of aromatic nitrogens is 1. The van der Waals surface area contributed by atoms with Crippen molar-refractivity contribution in [1.82, 2.24) is 4.98 Å². The van der Waals surface area contributed by atoms with Crippen molar-refractivity contribution in [2.24, 2.45) is 5.73 Å². The zero-order valence-electron chi connectivity index (χ0n) is 9.72. The van der Waals surface area contributed by atoms with Crippen molar-refractivity contribution in [3.63, 3.8) is 0 Å². The van der Waals surface area contributed by atoms with Crippen molar-refractivity contribution < 1.29 is 4.79 Å². The fourth-order valence-electron chi connectivity index (χ4n) is 1.50. The van der Waals surface area contributed by atoms with E-state index in [-0.39, 0.29) is 12.3 Å². The molecular formula is C12H14N4OS. The van der Waals surface area contributed by atoms with Crippen LogP contribution in [0, 0.1) is 0 Å². The fraction of sp³-hybridized carbons (Fsp3) is 0.167. The number of hydrogen-bond acceptors (Lipinski definition) is 5. The number of benzene rings is 1. The van der Waals surface area contributed by atoms with Gasteiger partial charge in [0.25, 0.3) is 0 Å². The molecule has 6 heteroatoms. The molecule has 0 bridgehead atoms. The Kier molecular flexibility index (Phi) is 3.91. The summed E-state index contributed by atoms with van der Waals surface area (Å²) in [5.41, 5.74) is 13.5. The van der Waals surface area contributed by atoms with Gasteiger partial charge in [-0.15, -0.1) is 11.3 Å². The highest BCUT2D eigenvalue weighted by Gasteiger charge is 2.06. The Labute approximate surface area is 109 Å². The molecule has 0 aliphatic carbocycles. The molecule has 1 aromatic heterocycles. The number of anilines is 2. The van der Waals surface area contributed by atoms with E-state index in [9.17, 15) is 4.79 Å². The molecule has 0 saturated heterocycles. The smallest absolute Gasteiger partial charge is 0.230 e. The number of hydrogen-bond donors (Lipinski definition) is 3. The van der Waals surface area contributed by atoms with Crippen LogP contribution < -0.4 is 16.8 Å². The Morgan fingerprint density at radius 2 is 2.06 bits per heavy atom. The molecule has 1 heterocycles. The highest BCUT2D eigenvalue weighted by Crippen LogP contribution is 2.13. The van der Waals surface area contributed by atoms with Crippen LogP contribution in [0.2, 0.25) is 0 Å². The van der Waals surface area contributed by atoms with E-state index in [1.807, 2.05) is 24.3 Å². The van der Waals surface area contributed by atoms with Crippen LogP contribution in [0.1, 0.15) is 11.3 Å². The third kappa shape index (κ3) is 3.28. The molecule has 2 rings (SSSR count). The lowest BCUT2D eigenvalue weighted by molar-refractivity contribution is -0.115. The number of nitrogen functional groups attached to an aromatic ring is 1. The molecule has 18 heavy (non-hydrogen) atoms. The topological polar surface area (TPSA) is 94.0 Å². The van der Waals surface area contributed by atoms with E-state index in [1.54, 1.807) is 5.38 Å². The van der Waals surface area contributed by atoms with E-state index < -0.39 is 0 Å². The van der Waals surface area contributed by atoms with Gasteiger partial charge >= 0.3 is 0 Å². The van der Waals surface area contributed by atoms with E-state index in [2.05, 4.69) is 10.3 Å². The van der Waals surface area contributed by atoms with Gasteiger partial charge in [-0.25, -0.2) is 4.98 Å². The summed E-state index contributed by atoms with van der Waals surface area (Å²) in [5.74, 6) is -0.110. The van der Waals surface area contributed by atoms with Gasteiger partial charge < -0.3 is 16.8 Å². The molecule has 2 aromatic rings. The molecule has 5 N–H and O–H groups in total. The maximum Gasteiger partial charge on any atom is 0.230 e. The van der Waals surface area contributed by atoms with Gasteiger partial charge in [0.05, 0.1) is 12.1 Å². The minimum Gasteiger partial charge on any atom is -0.375 e. The number of rotatable bonds is 4. The molecular weight excluding hydrogens is 248 g/mol. The van der Waals surface area contributed by atoms with E-state index >= 15 is 0 Å². The SMILES string of the molecule is NCc1ccc(NC(=O)Cc2csc(N)n2)cc1. The quantitative estimate of drug-likeness (QED) is 0.775. The first-order valence-corrected chi connectivity index (χ1v) is 6.34. The third-order valence-electron chi connectivity index (χ3n) is 2.38. The lowest BCUT2D eigenvalue weighted by atomic mass is 10.2. The highest BCUT2D eigenvalue weighted by atomic mass is 32.1. The summed E-state index contributed by atoms with van der Waals surface area (Å²) in [6.45, 7) is 0.492. The van der Waals surface area contributed by atoms with Gasteiger partial charge in [-0.2, -0.15) is 0 Å². The first-order valence-electron chi connectivity index (χ1n) is 5.46. The average molecular weight is 262 g/mol. The zero-order chi connectivity index (χ0) is 13.0. The second-order valence-corrected chi connectivity index (χ2v) is 4.69. The molecule has 0 atom stereocenters. The van der Waals surface area contributed by atoms with Crippen molar-refractivity contribution in [2.45, 2.75) is 13.0 Å². The number of carbonyl (C=O) groups excluding carboxylic acids is 1. The summed E-state index contributed by atoms with van der Waals surface area (Å²) in [5, 5.41) is 5.06. The van der Waals surface area contributed by atoms with Crippen LogP contribution in [0.4, 0.5) is 10.8 Å². The molecule has 5 nitrogen and oxygen atoms in total. The first kappa shape index (κ1) is 12.5. The van der Waals surface area contributed by atoms with E-state index in [0.29, 0.717) is 17.4 Å². The van der Waals surface area contributed by atoms with Gasteiger partial charge in [0.2, 0.25) is 5.91 Å². The van der Waals surface area contributed by atoms with E-state index in [0.717, 1.165) is 11.3 Å². The summed E-state index contributed by atoms with van der Waals surface area (Å²) >= 11 is 1.33. The largest absolute Gasteiger partial charge is 0.375 e. The van der Waals surface area contributed by atoms with Crippen LogP contribution in [0.3, 0.4) is 0 Å². The number of thiazole rings is 1. The molecule has 0 fully saturated rings. The van der Waals surface area contributed by atoms with Crippen LogP contribution >= 0.6 is 11.3 Å². The molecule has 0 radical (unpaired) electrons. The lowest BCUT2D eigenvalue weighted by Crippen LogP contribution is -2.14. The highest BCUT2D eigenvalue weighted by molar-refractivity contribution is 7.13. The van der Waals surface area contributed by atoms with Gasteiger partial charge in [0, 0.05) is 17.6 Å². The number of nitrogens with two attached hydrogens (primary N) is 2. The Balaban J connectivity index is 1.94. The maximum absolute atomic E-state index is 11.7. The van der Waals surface area contributed by atoms with Crippen LogP contribution in [-0.2, 0) is 17.8 Å². The van der Waals surface area contributed by atoms with Crippen LogP contribution in [0.5, 0.6) is 0 Å². The first-order chi connectivity index (χ1) is 8.67. The molecule has 1 aromatic carbocycles. The Hall–Kier alpha value is -1.92. The molecule has 1 amide bonds. The molecule has 0 saturated carbocycles. The summed E-state index contributed by atoms with van der Waals surface area (Å²) in [4.78, 5) is 15.8. The summed E-state index contributed by atoms with van der Waals surface area (Å²) in [6, 6.07) is 7.43. The van der Waals surface area contributed by atoms with E-state index in [1.165, 1.54) is 11.3 Å². The van der Waals surface area contributed by atoms with E-state index in [4.69, 9.17) is 11.5 Å². The van der Waals surface area contributed by atoms with Crippen molar-refractivity contribution in [3.05, 3.63) is 40.9 Å². The average Bonchev–Trinajstić information content (AvgIpc) is 2.75. The Morgan fingerprint density at radius 1 is 1.33 bits per heavy atom. The lowest BCUT2D eigenvalue weighted by Gasteiger charge is -2.04. The standard InChI is InChI=1S/C12H14N4OS/c13-6-8-1-3-9(4-2-8)15-11(17)5-10-7-18-12(14)16-10/h1-4,7H,5-6,13H2,(H2,14,16)(H,15,17). The van der Waals surface area contributed by atoms with Crippen LogP contribution in [-0.4, -0.2) is 10.9 Å². The minimum absolute atomic E-state index is 0.110. The number of nitrogens with zero attached hydrogens (tertiary/aromatic N) is 1. The van der Waals surface area contributed by atoms with Gasteiger partial charge in [0.15, 0.2) is 5.13 Å². The van der Waals surface area contributed by atoms with Crippen LogP contribution in [0.25, 0.3) is 0 Å². The molecule has 94 valence electrons. The summed E-state index contributed by atoms with van der Waals surface area (Å²) < 4.78 is 0. The number of carbonyl (C=O) groups is 1. The van der Waals surface area contributed by atoms with Crippen molar-refractivity contribution >= 4 is 28.1 Å². The fourth-order valence-corrected chi connectivity index (χ4v) is 2.06. The number of amides is 1. The summed E-state index contributed by atoms with van der Waals surface area (Å²) in [7, 11) is 0. The molecule has 0 spiro atoms. The number of nitrogens with one attached hydrogen (secondary N) is 1. The summed E-state index contributed by atoms with van der Waals surface area (Å²) in [6.07, 6.45) is 0.229. The van der Waals surface area contributed by atoms with Crippen molar-refractivity contribution in [1.29, 1.82) is 0 Å². The zero-order valence-corrected chi connectivity index (χ0v) is 10.5. The van der Waals surface area contributed by atoms with Gasteiger partial charge in [-0.1, -0.05) is 12.1 Å². The monoisotopic (exact) mass is 262 g/mol. The Bertz CT molecular complexity index is 535. The van der Waals surface area contributed by atoms with Crippen molar-refractivity contribution in [3.8, 4) is 0 Å². The minimum atomic E-state index is -0.110. The molecule has 0 aliphatic heterocycles. The predicted molar refractivity (Wildman–Crippen MR) is 73.2 cm³/mol. The normalized spacial score (nSPS) is 10.3. The van der Waals surface area contributed by atoms with Gasteiger partial charge in [0.1, 0.15) is 0 Å². The predicted octanol–water partition coefficient (Wildman–Crippen LogP) is 1.37.